The number of aliphatic hydroxyl groups is 1. The molecule has 0 aliphatic heterocycles. The Bertz CT molecular complexity index is 289. The molecule has 3 N–H and O–H groups in total. The molecule has 1 rings (SSSR count). The molecule has 2 atom stereocenters. The lowest BCUT2D eigenvalue weighted by atomic mass is 9.86. The van der Waals surface area contributed by atoms with Crippen LogP contribution in [0.15, 0.2) is 12.1 Å². The van der Waals surface area contributed by atoms with Crippen molar-refractivity contribution in [3.8, 4) is 0 Å². The second-order valence-corrected chi connectivity index (χ2v) is 5.19. The molecule has 1 heterocycles. The summed E-state index contributed by atoms with van der Waals surface area (Å²) in [5.41, 5.74) is 4.88. The van der Waals surface area contributed by atoms with E-state index in [-0.39, 0.29) is 5.92 Å². The molecule has 1 aromatic rings. The van der Waals surface area contributed by atoms with E-state index in [0.717, 1.165) is 11.3 Å². The number of nitrogens with two attached hydrogens (primary N) is 1. The van der Waals surface area contributed by atoms with Crippen molar-refractivity contribution in [1.29, 1.82) is 0 Å². The molecule has 0 aliphatic rings. The highest BCUT2D eigenvalue weighted by Crippen LogP contribution is 2.35. The fraction of sp³-hybridized carbons (Fsp3) is 0.636. The Morgan fingerprint density at radius 3 is 2.57 bits per heavy atom. The Morgan fingerprint density at radius 2 is 2.21 bits per heavy atom. The molecule has 0 saturated heterocycles. The van der Waals surface area contributed by atoms with E-state index in [0.29, 0.717) is 6.54 Å². The summed E-state index contributed by atoms with van der Waals surface area (Å²) in [6, 6.07) is 4.04. The SMILES string of the molecule is CCC(CN)C(C)(O)c1ccc(C)s1. The van der Waals surface area contributed by atoms with Crippen LogP contribution >= 0.6 is 11.3 Å². The average Bonchev–Trinajstić information content (AvgIpc) is 2.54. The van der Waals surface area contributed by atoms with Crippen LogP contribution in [0.4, 0.5) is 0 Å². The van der Waals surface area contributed by atoms with Crippen LogP contribution in [0, 0.1) is 12.8 Å². The van der Waals surface area contributed by atoms with Gasteiger partial charge in [0.25, 0.3) is 0 Å². The zero-order valence-corrected chi connectivity index (χ0v) is 9.90. The first-order valence-electron chi connectivity index (χ1n) is 5.01. The van der Waals surface area contributed by atoms with Crippen LogP contribution in [0.5, 0.6) is 0 Å². The van der Waals surface area contributed by atoms with Crippen LogP contribution in [0.2, 0.25) is 0 Å². The lowest BCUT2D eigenvalue weighted by Gasteiger charge is -2.30. The third-order valence-electron chi connectivity index (χ3n) is 2.81. The molecule has 0 spiro atoms. The zero-order chi connectivity index (χ0) is 10.8. The predicted molar refractivity (Wildman–Crippen MR) is 61.5 cm³/mol. The molecule has 2 unspecified atom stereocenters. The Labute approximate surface area is 89.8 Å². The third kappa shape index (κ3) is 2.16. The second kappa shape index (κ2) is 4.43. The van der Waals surface area contributed by atoms with Crippen LogP contribution < -0.4 is 5.73 Å². The molecule has 14 heavy (non-hydrogen) atoms. The highest BCUT2D eigenvalue weighted by atomic mass is 32.1. The summed E-state index contributed by atoms with van der Waals surface area (Å²) < 4.78 is 0. The number of hydrogen-bond acceptors (Lipinski definition) is 3. The maximum Gasteiger partial charge on any atom is 0.0999 e. The predicted octanol–water partition coefficient (Wildman–Crippen LogP) is 2.25. The van der Waals surface area contributed by atoms with Gasteiger partial charge < -0.3 is 10.8 Å². The highest BCUT2D eigenvalue weighted by Gasteiger charge is 2.32. The molecule has 3 heteroatoms. The third-order valence-corrected chi connectivity index (χ3v) is 4.04. The van der Waals surface area contributed by atoms with Crippen molar-refractivity contribution in [2.24, 2.45) is 11.7 Å². The molecular weight excluding hydrogens is 194 g/mol. The van der Waals surface area contributed by atoms with Gasteiger partial charge in [-0.1, -0.05) is 6.92 Å². The van der Waals surface area contributed by atoms with E-state index in [2.05, 4.69) is 6.92 Å². The maximum absolute atomic E-state index is 10.4. The standard InChI is InChI=1S/C11H19NOS/c1-4-9(7-12)11(3,13)10-6-5-8(2)14-10/h5-6,9,13H,4,7,12H2,1-3H3. The van der Waals surface area contributed by atoms with Crippen LogP contribution in [0.25, 0.3) is 0 Å². The monoisotopic (exact) mass is 213 g/mol. The van der Waals surface area contributed by atoms with E-state index >= 15 is 0 Å². The molecule has 0 saturated carbocycles. The van der Waals surface area contributed by atoms with Crippen molar-refractivity contribution in [3.05, 3.63) is 21.9 Å². The molecule has 0 aromatic carbocycles. The Balaban J connectivity index is 2.93. The van der Waals surface area contributed by atoms with Crippen LogP contribution in [0.1, 0.15) is 30.0 Å². The smallest absolute Gasteiger partial charge is 0.0999 e. The fourth-order valence-corrected chi connectivity index (χ4v) is 2.69. The van der Waals surface area contributed by atoms with E-state index in [1.807, 2.05) is 26.0 Å². The van der Waals surface area contributed by atoms with Gasteiger partial charge in [-0.3, -0.25) is 0 Å². The number of rotatable bonds is 4. The van der Waals surface area contributed by atoms with Gasteiger partial charge in [-0.05, 0) is 38.9 Å². The topological polar surface area (TPSA) is 46.2 Å². The molecule has 0 fully saturated rings. The number of thiophene rings is 1. The summed E-state index contributed by atoms with van der Waals surface area (Å²) in [5.74, 6) is 0.139. The first kappa shape index (κ1) is 11.7. The van der Waals surface area contributed by atoms with Gasteiger partial charge in [-0.2, -0.15) is 0 Å². The van der Waals surface area contributed by atoms with Crippen molar-refractivity contribution in [3.63, 3.8) is 0 Å². The number of aryl methyl sites for hydroxylation is 1. The van der Waals surface area contributed by atoms with E-state index in [1.54, 1.807) is 11.3 Å². The fourth-order valence-electron chi connectivity index (χ4n) is 1.70. The quantitative estimate of drug-likeness (QED) is 0.806. The molecule has 0 radical (unpaired) electrons. The summed E-state index contributed by atoms with van der Waals surface area (Å²) in [6.45, 7) is 6.50. The Hall–Kier alpha value is -0.380. The minimum atomic E-state index is -0.775. The van der Waals surface area contributed by atoms with Crippen molar-refractivity contribution in [1.82, 2.24) is 0 Å². The first-order valence-corrected chi connectivity index (χ1v) is 5.83. The second-order valence-electron chi connectivity index (χ2n) is 3.90. The summed E-state index contributed by atoms with van der Waals surface area (Å²) >= 11 is 1.65. The van der Waals surface area contributed by atoms with Crippen molar-refractivity contribution in [2.75, 3.05) is 6.54 Å². The van der Waals surface area contributed by atoms with Crippen molar-refractivity contribution >= 4 is 11.3 Å². The summed E-state index contributed by atoms with van der Waals surface area (Å²) in [6.07, 6.45) is 0.903. The minimum absolute atomic E-state index is 0.139. The minimum Gasteiger partial charge on any atom is -0.384 e. The van der Waals surface area contributed by atoms with Crippen LogP contribution in [0.3, 0.4) is 0 Å². The maximum atomic E-state index is 10.4. The number of hydrogen-bond donors (Lipinski definition) is 2. The average molecular weight is 213 g/mol. The zero-order valence-electron chi connectivity index (χ0n) is 9.08. The van der Waals surface area contributed by atoms with Gasteiger partial charge in [0, 0.05) is 15.7 Å². The molecule has 1 aromatic heterocycles. The van der Waals surface area contributed by atoms with Crippen LogP contribution in [-0.2, 0) is 5.60 Å². The van der Waals surface area contributed by atoms with E-state index in [1.165, 1.54) is 4.88 Å². The van der Waals surface area contributed by atoms with Gasteiger partial charge in [-0.15, -0.1) is 11.3 Å². The lowest BCUT2D eigenvalue weighted by molar-refractivity contribution is -0.000569. The first-order chi connectivity index (χ1) is 6.52. The Morgan fingerprint density at radius 1 is 1.57 bits per heavy atom. The van der Waals surface area contributed by atoms with E-state index < -0.39 is 5.60 Å². The lowest BCUT2D eigenvalue weighted by Crippen LogP contribution is -2.35. The Kier molecular flexibility index (Phi) is 3.70. The van der Waals surface area contributed by atoms with Crippen molar-refractivity contribution in [2.45, 2.75) is 32.8 Å². The van der Waals surface area contributed by atoms with Gasteiger partial charge in [0.2, 0.25) is 0 Å². The summed E-state index contributed by atoms with van der Waals surface area (Å²) in [7, 11) is 0. The highest BCUT2D eigenvalue weighted by molar-refractivity contribution is 7.12. The summed E-state index contributed by atoms with van der Waals surface area (Å²) in [4.78, 5) is 2.25. The van der Waals surface area contributed by atoms with Gasteiger partial charge in [0.1, 0.15) is 0 Å². The molecule has 0 aliphatic carbocycles. The largest absolute Gasteiger partial charge is 0.384 e. The van der Waals surface area contributed by atoms with Gasteiger partial charge >= 0.3 is 0 Å². The molecule has 2 nitrogen and oxygen atoms in total. The van der Waals surface area contributed by atoms with Gasteiger partial charge in [0.15, 0.2) is 0 Å². The normalized spacial score (nSPS) is 17.8. The molecule has 0 amide bonds. The van der Waals surface area contributed by atoms with E-state index in [4.69, 9.17) is 5.73 Å². The van der Waals surface area contributed by atoms with Gasteiger partial charge in [0.05, 0.1) is 5.60 Å². The summed E-state index contributed by atoms with van der Waals surface area (Å²) in [5, 5.41) is 10.4. The van der Waals surface area contributed by atoms with Crippen molar-refractivity contribution < 1.29 is 5.11 Å². The molecule has 0 bridgehead atoms. The molecular formula is C11H19NOS. The van der Waals surface area contributed by atoms with E-state index in [9.17, 15) is 5.11 Å². The molecule has 80 valence electrons. The van der Waals surface area contributed by atoms with Crippen LogP contribution in [-0.4, -0.2) is 11.7 Å². The van der Waals surface area contributed by atoms with Gasteiger partial charge in [-0.25, -0.2) is 0 Å².